The lowest BCUT2D eigenvalue weighted by atomic mass is 10.1. The van der Waals surface area contributed by atoms with Crippen molar-refractivity contribution < 1.29 is 18.3 Å². The number of aromatic nitrogens is 4. The minimum atomic E-state index is -4.54. The molecule has 1 unspecified atom stereocenters. The Kier molecular flexibility index (Phi) is 4.81. The molecule has 29 heavy (non-hydrogen) atoms. The van der Waals surface area contributed by atoms with Gasteiger partial charge in [-0.3, -0.25) is 4.57 Å². The van der Waals surface area contributed by atoms with E-state index in [1.807, 2.05) is 4.90 Å². The maximum Gasteiger partial charge on any atom is 0.416 e. The molecule has 1 fully saturated rings. The predicted octanol–water partition coefficient (Wildman–Crippen LogP) is 2.57. The van der Waals surface area contributed by atoms with Crippen molar-refractivity contribution in [2.24, 2.45) is 5.92 Å². The first-order valence-corrected chi connectivity index (χ1v) is 9.27. The van der Waals surface area contributed by atoms with E-state index in [2.05, 4.69) is 15.0 Å². The first-order valence-electron chi connectivity index (χ1n) is 9.27. The largest absolute Gasteiger partial charge is 0.416 e. The van der Waals surface area contributed by atoms with Crippen LogP contribution in [0.1, 0.15) is 30.6 Å². The van der Waals surface area contributed by atoms with Gasteiger partial charge < -0.3 is 15.0 Å². The number of nitrogens with zero attached hydrogens (tertiary/aromatic N) is 4. The number of H-pyrrole nitrogens is 1. The number of benzene rings is 1. The molecule has 7 nitrogen and oxygen atoms in total. The van der Waals surface area contributed by atoms with E-state index in [9.17, 15) is 23.1 Å². The highest BCUT2D eigenvalue weighted by Gasteiger charge is 2.32. The molecular formula is C19H20F3N5O2. The number of aromatic amines is 1. The molecule has 154 valence electrons. The van der Waals surface area contributed by atoms with Crippen molar-refractivity contribution in [1.82, 2.24) is 19.5 Å². The molecule has 1 aliphatic rings. The number of rotatable bonds is 4. The van der Waals surface area contributed by atoms with Crippen molar-refractivity contribution in [3.05, 3.63) is 52.5 Å². The first-order chi connectivity index (χ1) is 13.8. The van der Waals surface area contributed by atoms with Crippen LogP contribution in [0.5, 0.6) is 0 Å². The summed E-state index contributed by atoms with van der Waals surface area (Å²) in [6.45, 7) is 2.78. The van der Waals surface area contributed by atoms with Crippen LogP contribution in [0, 0.1) is 5.92 Å². The number of hydrogen-bond donors (Lipinski definition) is 2. The molecule has 2 atom stereocenters. The maximum atomic E-state index is 13.4. The highest BCUT2D eigenvalue weighted by molar-refractivity contribution is 5.90. The topological polar surface area (TPSA) is 87.0 Å². The molecule has 10 heteroatoms. The third-order valence-electron chi connectivity index (χ3n) is 5.41. The Bertz CT molecular complexity index is 1080. The molecule has 0 amide bonds. The van der Waals surface area contributed by atoms with E-state index in [4.69, 9.17) is 0 Å². The third-order valence-corrected chi connectivity index (χ3v) is 5.41. The smallest absolute Gasteiger partial charge is 0.396 e. The quantitative estimate of drug-likeness (QED) is 0.694. The molecule has 2 aromatic heterocycles. The monoisotopic (exact) mass is 407 g/mol. The van der Waals surface area contributed by atoms with Gasteiger partial charge in [0.05, 0.1) is 29.1 Å². The fourth-order valence-corrected chi connectivity index (χ4v) is 3.83. The van der Waals surface area contributed by atoms with Crippen LogP contribution in [0.3, 0.4) is 0 Å². The van der Waals surface area contributed by atoms with E-state index in [1.54, 1.807) is 13.1 Å². The van der Waals surface area contributed by atoms with Crippen LogP contribution in [0.2, 0.25) is 0 Å². The minimum Gasteiger partial charge on any atom is -0.396 e. The molecule has 1 saturated heterocycles. The fourth-order valence-electron chi connectivity index (χ4n) is 3.83. The van der Waals surface area contributed by atoms with Gasteiger partial charge >= 0.3 is 11.9 Å². The highest BCUT2D eigenvalue weighted by atomic mass is 19.4. The van der Waals surface area contributed by atoms with E-state index in [1.165, 1.54) is 17.0 Å². The van der Waals surface area contributed by atoms with Crippen LogP contribution in [0.25, 0.3) is 10.9 Å². The Hall–Kier alpha value is -2.88. The molecule has 1 aromatic carbocycles. The first kappa shape index (κ1) is 19.4. The number of imidazole rings is 1. The summed E-state index contributed by atoms with van der Waals surface area (Å²) in [6.07, 6.45) is -0.769. The van der Waals surface area contributed by atoms with Crippen molar-refractivity contribution in [2.75, 3.05) is 24.6 Å². The second-order valence-corrected chi connectivity index (χ2v) is 7.27. The minimum absolute atomic E-state index is 0.0138. The number of nitrogens with one attached hydrogen (secondary N) is 1. The molecule has 0 saturated carbocycles. The number of alkyl halides is 3. The number of anilines is 1. The normalized spacial score (nSPS) is 18.5. The average Bonchev–Trinajstić information content (AvgIpc) is 3.37. The molecule has 3 heterocycles. The van der Waals surface area contributed by atoms with Gasteiger partial charge in [0.2, 0.25) is 0 Å². The summed E-state index contributed by atoms with van der Waals surface area (Å²) in [5.41, 5.74) is -0.811. The van der Waals surface area contributed by atoms with Crippen molar-refractivity contribution in [1.29, 1.82) is 0 Å². The second-order valence-electron chi connectivity index (χ2n) is 7.27. The summed E-state index contributed by atoms with van der Waals surface area (Å²) in [5, 5.41) is 9.86. The zero-order chi connectivity index (χ0) is 20.8. The Labute approximate surface area is 163 Å². The molecule has 2 N–H and O–H groups in total. The van der Waals surface area contributed by atoms with Crippen molar-refractivity contribution in [2.45, 2.75) is 25.6 Å². The van der Waals surface area contributed by atoms with E-state index in [0.717, 1.165) is 18.6 Å². The van der Waals surface area contributed by atoms with Crippen LogP contribution < -0.4 is 10.6 Å². The second kappa shape index (κ2) is 7.18. The summed E-state index contributed by atoms with van der Waals surface area (Å²) in [6, 6.07) is 2.75. The molecule has 0 radical (unpaired) electrons. The lowest BCUT2D eigenvalue weighted by Gasteiger charge is -2.23. The van der Waals surface area contributed by atoms with Crippen LogP contribution in [0.15, 0.2) is 35.5 Å². The predicted molar refractivity (Wildman–Crippen MR) is 101 cm³/mol. The third kappa shape index (κ3) is 3.48. The van der Waals surface area contributed by atoms with Gasteiger partial charge in [-0.25, -0.2) is 9.78 Å². The molecule has 4 rings (SSSR count). The lowest BCUT2D eigenvalue weighted by Crippen LogP contribution is -2.31. The van der Waals surface area contributed by atoms with Crippen LogP contribution in [-0.4, -0.2) is 44.3 Å². The molecule has 0 bridgehead atoms. The number of aliphatic hydroxyl groups excluding tert-OH is 1. The summed E-state index contributed by atoms with van der Waals surface area (Å²) in [5.74, 6) is 0.395. The van der Waals surface area contributed by atoms with Gasteiger partial charge in [0.25, 0.3) is 0 Å². The van der Waals surface area contributed by atoms with Crippen molar-refractivity contribution >= 4 is 16.7 Å². The maximum absolute atomic E-state index is 13.4. The zero-order valence-corrected chi connectivity index (χ0v) is 15.6. The van der Waals surface area contributed by atoms with E-state index in [0.29, 0.717) is 30.0 Å². The van der Waals surface area contributed by atoms with Gasteiger partial charge in [-0.1, -0.05) is 0 Å². The summed E-state index contributed by atoms with van der Waals surface area (Å²) < 4.78 is 41.3. The number of halogens is 3. The van der Waals surface area contributed by atoms with E-state index in [-0.39, 0.29) is 18.0 Å². The van der Waals surface area contributed by atoms with Gasteiger partial charge in [0, 0.05) is 37.2 Å². The Morgan fingerprint density at radius 3 is 2.79 bits per heavy atom. The molecule has 0 spiro atoms. The van der Waals surface area contributed by atoms with Crippen molar-refractivity contribution in [3.63, 3.8) is 0 Å². The van der Waals surface area contributed by atoms with Crippen LogP contribution >= 0.6 is 0 Å². The highest BCUT2D eigenvalue weighted by Crippen LogP contribution is 2.35. The Balaban J connectivity index is 1.94. The van der Waals surface area contributed by atoms with Crippen LogP contribution in [0.4, 0.5) is 19.0 Å². The number of hydrogen-bond acceptors (Lipinski definition) is 5. The van der Waals surface area contributed by atoms with Gasteiger partial charge in [-0.2, -0.15) is 18.2 Å². The van der Waals surface area contributed by atoms with Crippen LogP contribution in [-0.2, 0) is 6.18 Å². The van der Waals surface area contributed by atoms with Gasteiger partial charge in [0.15, 0.2) is 0 Å². The van der Waals surface area contributed by atoms with E-state index >= 15 is 0 Å². The molecule has 1 aliphatic heterocycles. The standard InChI is InChI=1S/C19H20F3N5O2/c1-11(15-7-23-10-24-15)27-16-6-13(19(20,21)22)2-3-14(16)17(25-18(27)29)26-5-4-12(8-26)9-28/h2-3,6-7,10-12,28H,4-5,8-9H2,1H3,(H,23,24)/t11?,12-/m1/s1. The summed E-state index contributed by atoms with van der Waals surface area (Å²) in [4.78, 5) is 25.9. The summed E-state index contributed by atoms with van der Waals surface area (Å²) >= 11 is 0. The zero-order valence-electron chi connectivity index (χ0n) is 15.6. The van der Waals surface area contributed by atoms with E-state index < -0.39 is 23.5 Å². The van der Waals surface area contributed by atoms with Crippen molar-refractivity contribution in [3.8, 4) is 0 Å². The molecular weight excluding hydrogens is 387 g/mol. The summed E-state index contributed by atoms with van der Waals surface area (Å²) in [7, 11) is 0. The molecule has 0 aliphatic carbocycles. The van der Waals surface area contributed by atoms with Gasteiger partial charge in [-0.15, -0.1) is 0 Å². The number of fused-ring (bicyclic) bond motifs is 1. The Morgan fingerprint density at radius 1 is 1.38 bits per heavy atom. The SMILES string of the molecule is CC(c1c[nH]cn1)n1c(=O)nc(N2CC[C@@H](CO)C2)c2ccc(C(F)(F)F)cc21. The average molecular weight is 407 g/mol. The molecule has 3 aromatic rings. The van der Waals surface area contributed by atoms with Gasteiger partial charge in [0.1, 0.15) is 5.82 Å². The van der Waals surface area contributed by atoms with Gasteiger partial charge in [-0.05, 0) is 31.5 Å². The Morgan fingerprint density at radius 2 is 2.17 bits per heavy atom. The fraction of sp³-hybridized carbons (Fsp3) is 0.421. The number of aliphatic hydroxyl groups is 1. The lowest BCUT2D eigenvalue weighted by molar-refractivity contribution is -0.137.